The fourth-order valence-corrected chi connectivity index (χ4v) is 2.68. The molecule has 2 rings (SSSR count). The number of hydrogen-bond donors (Lipinski definition) is 1. The predicted octanol–water partition coefficient (Wildman–Crippen LogP) is 3.52. The Labute approximate surface area is 170 Å². The lowest BCUT2D eigenvalue weighted by Crippen LogP contribution is -2.30. The molecular formula is C22H26N2O5. The average Bonchev–Trinajstić information content (AvgIpc) is 3.19. The van der Waals surface area contributed by atoms with Crippen molar-refractivity contribution < 1.29 is 23.5 Å². The summed E-state index contributed by atoms with van der Waals surface area (Å²) in [4.78, 5) is 37.3. The number of amides is 2. The number of rotatable bonds is 9. The minimum Gasteiger partial charge on any atom is -0.469 e. The summed E-state index contributed by atoms with van der Waals surface area (Å²) in [6, 6.07) is 10.3. The number of carbonyl (C=O) groups excluding carboxylic acids is 3. The second-order valence-electron chi connectivity index (χ2n) is 6.26. The summed E-state index contributed by atoms with van der Waals surface area (Å²) >= 11 is 0. The van der Waals surface area contributed by atoms with Crippen molar-refractivity contribution in [2.75, 3.05) is 25.5 Å². The molecule has 0 radical (unpaired) electrons. The van der Waals surface area contributed by atoms with E-state index in [1.54, 1.807) is 47.4 Å². The first-order chi connectivity index (χ1) is 14.0. The lowest BCUT2D eigenvalue weighted by molar-refractivity contribution is -0.140. The molecule has 0 aliphatic carbocycles. The molecule has 2 aromatic rings. The van der Waals surface area contributed by atoms with Crippen LogP contribution in [0.5, 0.6) is 0 Å². The molecule has 0 saturated carbocycles. The molecule has 0 saturated heterocycles. The zero-order valence-corrected chi connectivity index (χ0v) is 16.9. The molecular weight excluding hydrogens is 372 g/mol. The maximum absolute atomic E-state index is 12.3. The van der Waals surface area contributed by atoms with Gasteiger partial charge in [-0.2, -0.15) is 0 Å². The third-order valence-electron chi connectivity index (χ3n) is 4.33. The molecule has 1 heterocycles. The van der Waals surface area contributed by atoms with Crippen molar-refractivity contribution in [3.63, 3.8) is 0 Å². The van der Waals surface area contributed by atoms with Gasteiger partial charge in [-0.15, -0.1) is 0 Å². The quantitative estimate of drug-likeness (QED) is 0.516. The van der Waals surface area contributed by atoms with Crippen LogP contribution in [0.1, 0.15) is 42.1 Å². The Hall–Kier alpha value is -3.35. The summed E-state index contributed by atoms with van der Waals surface area (Å²) in [5.41, 5.74) is 1.17. The first kappa shape index (κ1) is 21.9. The van der Waals surface area contributed by atoms with Gasteiger partial charge in [0.15, 0.2) is 0 Å². The first-order valence-electron chi connectivity index (χ1n) is 9.50. The van der Waals surface area contributed by atoms with E-state index >= 15 is 0 Å². The zero-order chi connectivity index (χ0) is 21.2. The Morgan fingerprint density at radius 3 is 2.38 bits per heavy atom. The van der Waals surface area contributed by atoms with Crippen molar-refractivity contribution >= 4 is 29.5 Å². The van der Waals surface area contributed by atoms with E-state index in [0.29, 0.717) is 42.3 Å². The van der Waals surface area contributed by atoms with Gasteiger partial charge in [0.2, 0.25) is 5.91 Å². The van der Waals surface area contributed by atoms with Gasteiger partial charge in [0, 0.05) is 36.8 Å². The molecule has 154 valence electrons. The van der Waals surface area contributed by atoms with Crippen molar-refractivity contribution in [2.24, 2.45) is 0 Å². The number of aryl methyl sites for hydroxylation is 1. The molecule has 1 N–H and O–H groups in total. The normalized spacial score (nSPS) is 10.7. The van der Waals surface area contributed by atoms with E-state index in [4.69, 9.17) is 4.42 Å². The molecule has 1 aromatic heterocycles. The highest BCUT2D eigenvalue weighted by atomic mass is 16.5. The Morgan fingerprint density at radius 2 is 1.76 bits per heavy atom. The van der Waals surface area contributed by atoms with E-state index in [0.717, 1.165) is 0 Å². The van der Waals surface area contributed by atoms with Crippen molar-refractivity contribution in [1.82, 2.24) is 4.90 Å². The summed E-state index contributed by atoms with van der Waals surface area (Å²) < 4.78 is 10.1. The lowest BCUT2D eigenvalue weighted by atomic mass is 10.1. The standard InChI is InChI=1S/C22H26N2O5/c1-4-24(5-2)22(27)16-6-8-17(9-7-16)23-20(25)14-12-18-10-11-19(29-18)13-15-21(26)28-3/h6-12,14H,4-5,13,15H2,1-3H3,(H,23,25)/b14-12+. The van der Waals surface area contributed by atoms with Crippen LogP contribution in [0.25, 0.3) is 6.08 Å². The largest absolute Gasteiger partial charge is 0.469 e. The molecule has 0 spiro atoms. The number of esters is 1. The smallest absolute Gasteiger partial charge is 0.305 e. The van der Waals surface area contributed by atoms with Crippen LogP contribution in [0, 0.1) is 0 Å². The van der Waals surface area contributed by atoms with Crippen LogP contribution in [0.3, 0.4) is 0 Å². The monoisotopic (exact) mass is 398 g/mol. The molecule has 0 unspecified atom stereocenters. The third-order valence-corrected chi connectivity index (χ3v) is 4.33. The summed E-state index contributed by atoms with van der Waals surface area (Å²) in [5.74, 6) is 0.501. The van der Waals surface area contributed by atoms with Crippen molar-refractivity contribution in [1.29, 1.82) is 0 Å². The van der Waals surface area contributed by atoms with Crippen molar-refractivity contribution in [2.45, 2.75) is 26.7 Å². The highest BCUT2D eigenvalue weighted by Crippen LogP contribution is 2.14. The highest BCUT2D eigenvalue weighted by Gasteiger charge is 2.12. The summed E-state index contributed by atoms with van der Waals surface area (Å²) in [5, 5.41) is 2.74. The summed E-state index contributed by atoms with van der Waals surface area (Å²) in [6.45, 7) is 5.17. The minimum atomic E-state index is -0.319. The van der Waals surface area contributed by atoms with Gasteiger partial charge in [-0.25, -0.2) is 0 Å². The van der Waals surface area contributed by atoms with E-state index in [9.17, 15) is 14.4 Å². The Kier molecular flexibility index (Phi) is 8.21. The van der Waals surface area contributed by atoms with Crippen molar-refractivity contribution in [3.8, 4) is 0 Å². The van der Waals surface area contributed by atoms with Gasteiger partial charge in [-0.1, -0.05) is 0 Å². The number of hydrogen-bond acceptors (Lipinski definition) is 5. The van der Waals surface area contributed by atoms with Crippen molar-refractivity contribution in [3.05, 3.63) is 59.6 Å². The van der Waals surface area contributed by atoms with E-state index in [1.807, 2.05) is 13.8 Å². The molecule has 29 heavy (non-hydrogen) atoms. The van der Waals surface area contributed by atoms with Gasteiger partial charge >= 0.3 is 5.97 Å². The van der Waals surface area contributed by atoms with Gasteiger partial charge in [-0.3, -0.25) is 14.4 Å². The van der Waals surface area contributed by atoms with Crippen LogP contribution in [0.2, 0.25) is 0 Å². The van der Waals surface area contributed by atoms with Gasteiger partial charge in [0.05, 0.1) is 13.5 Å². The van der Waals surface area contributed by atoms with Crippen LogP contribution >= 0.6 is 0 Å². The van der Waals surface area contributed by atoms with Gasteiger partial charge < -0.3 is 19.4 Å². The molecule has 2 amide bonds. The van der Waals surface area contributed by atoms with Gasteiger partial charge in [0.25, 0.3) is 5.91 Å². The van der Waals surface area contributed by atoms with Crippen LogP contribution in [-0.2, 0) is 20.7 Å². The number of benzene rings is 1. The number of methoxy groups -OCH3 is 1. The fourth-order valence-electron chi connectivity index (χ4n) is 2.68. The zero-order valence-electron chi connectivity index (χ0n) is 16.9. The molecule has 7 heteroatoms. The number of furan rings is 1. The highest BCUT2D eigenvalue weighted by molar-refractivity contribution is 6.02. The number of nitrogens with one attached hydrogen (secondary N) is 1. The van der Waals surface area contributed by atoms with E-state index in [2.05, 4.69) is 10.1 Å². The molecule has 7 nitrogen and oxygen atoms in total. The SMILES string of the molecule is CCN(CC)C(=O)c1ccc(NC(=O)/C=C/c2ccc(CCC(=O)OC)o2)cc1. The summed E-state index contributed by atoms with van der Waals surface area (Å²) in [7, 11) is 1.34. The maximum Gasteiger partial charge on any atom is 0.305 e. The Bertz CT molecular complexity index is 864. The number of ether oxygens (including phenoxy) is 1. The fraction of sp³-hybridized carbons (Fsp3) is 0.318. The number of carbonyl (C=O) groups is 3. The molecule has 0 fully saturated rings. The Morgan fingerprint density at radius 1 is 1.07 bits per heavy atom. The van der Waals surface area contributed by atoms with E-state index in [1.165, 1.54) is 13.2 Å². The lowest BCUT2D eigenvalue weighted by Gasteiger charge is -2.18. The third kappa shape index (κ3) is 6.64. The molecule has 0 atom stereocenters. The van der Waals surface area contributed by atoms with Gasteiger partial charge in [0.1, 0.15) is 11.5 Å². The predicted molar refractivity (Wildman–Crippen MR) is 110 cm³/mol. The minimum absolute atomic E-state index is 0.0337. The van der Waals surface area contributed by atoms with Crippen LogP contribution in [0.15, 0.2) is 46.9 Å². The van der Waals surface area contributed by atoms with Gasteiger partial charge in [-0.05, 0) is 56.3 Å². The Balaban J connectivity index is 1.89. The second-order valence-corrected chi connectivity index (χ2v) is 6.26. The molecule has 0 aliphatic rings. The van der Waals surface area contributed by atoms with Crippen LogP contribution < -0.4 is 5.32 Å². The molecule has 0 aliphatic heterocycles. The molecule has 0 bridgehead atoms. The number of nitrogens with zero attached hydrogens (tertiary/aromatic N) is 1. The first-order valence-corrected chi connectivity index (χ1v) is 9.50. The molecule has 1 aromatic carbocycles. The average molecular weight is 398 g/mol. The van der Waals surface area contributed by atoms with E-state index < -0.39 is 0 Å². The number of anilines is 1. The van der Waals surface area contributed by atoms with Crippen LogP contribution in [0.4, 0.5) is 5.69 Å². The van der Waals surface area contributed by atoms with Crippen LogP contribution in [-0.4, -0.2) is 42.9 Å². The maximum atomic E-state index is 12.3. The summed E-state index contributed by atoms with van der Waals surface area (Å²) in [6.07, 6.45) is 3.58. The topological polar surface area (TPSA) is 88.9 Å². The van der Waals surface area contributed by atoms with E-state index in [-0.39, 0.29) is 24.2 Å². The second kappa shape index (κ2) is 10.8.